The first-order valence-corrected chi connectivity index (χ1v) is 10.3. The Kier molecular flexibility index (Phi) is 4.65. The predicted octanol–water partition coefficient (Wildman–Crippen LogP) is 3.83. The highest BCUT2D eigenvalue weighted by molar-refractivity contribution is 7.17. The number of hydrogen-bond donors (Lipinski definition) is 0. The van der Waals surface area contributed by atoms with Crippen LogP contribution in [0.5, 0.6) is 0 Å². The molecule has 3 aliphatic rings. The third-order valence-electron chi connectivity index (χ3n) is 5.40. The Bertz CT molecular complexity index is 828. The van der Waals surface area contributed by atoms with Gasteiger partial charge >= 0.3 is 5.97 Å². The average Bonchev–Trinajstić information content (AvgIpc) is 3.11. The van der Waals surface area contributed by atoms with Gasteiger partial charge in [0.25, 0.3) is 0 Å². The van der Waals surface area contributed by atoms with Gasteiger partial charge in [-0.2, -0.15) is 0 Å². The highest BCUT2D eigenvalue weighted by Crippen LogP contribution is 2.46. The lowest BCUT2D eigenvalue weighted by Crippen LogP contribution is -2.31. The number of halogens is 1. The molecule has 0 aromatic carbocycles. The molecule has 1 aromatic heterocycles. The van der Waals surface area contributed by atoms with Crippen molar-refractivity contribution in [1.29, 1.82) is 0 Å². The number of esters is 1. The fraction of sp³-hybridized carbons (Fsp3) is 0.526. The minimum Gasteiger partial charge on any atom is -0.462 e. The Morgan fingerprint density at radius 2 is 2.00 bits per heavy atom. The van der Waals surface area contributed by atoms with E-state index in [0.717, 1.165) is 36.1 Å². The van der Waals surface area contributed by atoms with Crippen LogP contribution in [-0.2, 0) is 27.2 Å². The van der Waals surface area contributed by atoms with E-state index in [9.17, 15) is 14.4 Å². The van der Waals surface area contributed by atoms with Crippen LogP contribution >= 0.6 is 22.9 Å². The van der Waals surface area contributed by atoms with Crippen molar-refractivity contribution in [1.82, 2.24) is 0 Å². The van der Waals surface area contributed by atoms with Crippen LogP contribution in [0.1, 0.15) is 53.4 Å². The number of allylic oxidation sites excluding steroid dienone is 2. The molecule has 0 spiro atoms. The summed E-state index contributed by atoms with van der Waals surface area (Å²) in [5.41, 5.74) is 1.38. The van der Waals surface area contributed by atoms with Crippen molar-refractivity contribution in [2.75, 3.05) is 11.5 Å². The molecule has 1 fully saturated rings. The van der Waals surface area contributed by atoms with Gasteiger partial charge in [0.05, 0.1) is 24.0 Å². The molecule has 5 nitrogen and oxygen atoms in total. The Balaban J connectivity index is 1.78. The second kappa shape index (κ2) is 6.82. The third kappa shape index (κ3) is 2.70. The van der Waals surface area contributed by atoms with Gasteiger partial charge in [0.2, 0.25) is 11.8 Å². The zero-order valence-corrected chi connectivity index (χ0v) is 16.1. The molecule has 2 aliphatic carbocycles. The van der Waals surface area contributed by atoms with E-state index < -0.39 is 11.9 Å². The number of carbonyl (C=O) groups is 3. The van der Waals surface area contributed by atoms with Gasteiger partial charge in [-0.25, -0.2) is 9.69 Å². The van der Waals surface area contributed by atoms with E-state index in [1.165, 1.54) is 16.2 Å². The van der Waals surface area contributed by atoms with Crippen molar-refractivity contribution in [2.45, 2.75) is 45.4 Å². The number of aryl methyl sites for hydroxylation is 1. The Morgan fingerprint density at radius 3 is 2.77 bits per heavy atom. The van der Waals surface area contributed by atoms with Crippen molar-refractivity contribution >= 4 is 45.7 Å². The number of anilines is 1. The second-order valence-corrected chi connectivity index (χ2v) is 8.50. The molecule has 138 valence electrons. The number of nitrogens with zero attached hydrogens (tertiary/aromatic N) is 1. The molecule has 0 saturated carbocycles. The van der Waals surface area contributed by atoms with E-state index in [1.54, 1.807) is 6.92 Å². The maximum absolute atomic E-state index is 13.0. The highest BCUT2D eigenvalue weighted by Gasteiger charge is 2.50. The minimum absolute atomic E-state index is 0.218. The molecule has 1 aliphatic heterocycles. The largest absolute Gasteiger partial charge is 0.462 e. The minimum atomic E-state index is -0.437. The second-order valence-electron chi connectivity index (χ2n) is 6.93. The summed E-state index contributed by atoms with van der Waals surface area (Å²) in [4.78, 5) is 41.0. The molecular weight excluding hydrogens is 374 g/mol. The van der Waals surface area contributed by atoms with Gasteiger partial charge in [-0.15, -0.1) is 11.3 Å². The van der Waals surface area contributed by atoms with E-state index in [4.69, 9.17) is 16.3 Å². The monoisotopic (exact) mass is 393 g/mol. The molecule has 26 heavy (non-hydrogen) atoms. The predicted molar refractivity (Wildman–Crippen MR) is 99.6 cm³/mol. The molecule has 0 radical (unpaired) electrons. The maximum atomic E-state index is 13.0. The summed E-state index contributed by atoms with van der Waals surface area (Å²) < 4.78 is 5.25. The fourth-order valence-electron chi connectivity index (χ4n) is 4.15. The van der Waals surface area contributed by atoms with Crippen molar-refractivity contribution in [3.8, 4) is 0 Å². The zero-order valence-electron chi connectivity index (χ0n) is 14.5. The highest BCUT2D eigenvalue weighted by atomic mass is 35.5. The third-order valence-corrected chi connectivity index (χ3v) is 6.99. The van der Waals surface area contributed by atoms with Crippen molar-refractivity contribution < 1.29 is 19.1 Å². The Morgan fingerprint density at radius 1 is 1.27 bits per heavy atom. The van der Waals surface area contributed by atoms with Crippen LogP contribution in [0.4, 0.5) is 5.00 Å². The smallest absolute Gasteiger partial charge is 0.341 e. The number of carbonyl (C=O) groups excluding carboxylic acids is 3. The lowest BCUT2D eigenvalue weighted by molar-refractivity contribution is -0.122. The van der Waals surface area contributed by atoms with Crippen LogP contribution < -0.4 is 4.90 Å². The summed E-state index contributed by atoms with van der Waals surface area (Å²) >= 11 is 7.50. The molecule has 1 saturated heterocycles. The maximum Gasteiger partial charge on any atom is 0.341 e. The molecule has 0 N–H and O–H groups in total. The summed E-state index contributed by atoms with van der Waals surface area (Å²) in [5.74, 6) is -1.69. The van der Waals surface area contributed by atoms with Crippen LogP contribution in [0.3, 0.4) is 0 Å². The zero-order chi connectivity index (χ0) is 18.4. The lowest BCUT2D eigenvalue weighted by Gasteiger charge is -2.17. The van der Waals surface area contributed by atoms with Crippen molar-refractivity contribution in [3.05, 3.63) is 27.1 Å². The average molecular weight is 394 g/mol. The van der Waals surface area contributed by atoms with E-state index in [0.29, 0.717) is 28.4 Å². The van der Waals surface area contributed by atoms with Crippen LogP contribution in [0.15, 0.2) is 11.1 Å². The van der Waals surface area contributed by atoms with Gasteiger partial charge in [0.1, 0.15) is 5.00 Å². The van der Waals surface area contributed by atoms with Gasteiger partial charge in [0.15, 0.2) is 0 Å². The quantitative estimate of drug-likeness (QED) is 0.578. The Hall–Kier alpha value is -1.66. The molecule has 4 rings (SSSR count). The summed E-state index contributed by atoms with van der Waals surface area (Å²) in [5, 5.41) is 1.08. The number of hydrogen-bond acceptors (Lipinski definition) is 5. The van der Waals surface area contributed by atoms with Gasteiger partial charge in [-0.3, -0.25) is 9.59 Å². The molecule has 1 aromatic rings. The number of imide groups is 1. The first-order chi connectivity index (χ1) is 12.5. The lowest BCUT2D eigenvalue weighted by atomic mass is 9.85. The van der Waals surface area contributed by atoms with E-state index in [2.05, 4.69) is 0 Å². The van der Waals surface area contributed by atoms with Gasteiger partial charge < -0.3 is 4.74 Å². The molecular formula is C19H20ClNO4S. The fourth-order valence-corrected chi connectivity index (χ4v) is 5.79. The summed E-state index contributed by atoms with van der Waals surface area (Å²) in [6.07, 6.45) is 6.42. The van der Waals surface area contributed by atoms with E-state index in [-0.39, 0.29) is 24.3 Å². The number of thiophene rings is 1. The summed E-state index contributed by atoms with van der Waals surface area (Å²) in [7, 11) is 0. The topological polar surface area (TPSA) is 63.7 Å². The van der Waals surface area contributed by atoms with Gasteiger partial charge in [0, 0.05) is 9.91 Å². The number of ether oxygens (including phenoxy) is 1. The molecule has 0 unspecified atom stereocenters. The van der Waals surface area contributed by atoms with E-state index in [1.807, 2.05) is 6.08 Å². The summed E-state index contributed by atoms with van der Waals surface area (Å²) in [6, 6.07) is 0. The first kappa shape index (κ1) is 17.7. The van der Waals surface area contributed by atoms with E-state index >= 15 is 0 Å². The number of fused-ring (bicyclic) bond motifs is 2. The summed E-state index contributed by atoms with van der Waals surface area (Å²) in [6.45, 7) is 2.01. The Labute approximate surface area is 161 Å². The van der Waals surface area contributed by atoms with Crippen molar-refractivity contribution in [3.63, 3.8) is 0 Å². The van der Waals surface area contributed by atoms with Gasteiger partial charge in [-0.1, -0.05) is 17.7 Å². The molecule has 7 heteroatoms. The number of amides is 2. The molecule has 2 amide bonds. The molecule has 2 heterocycles. The van der Waals surface area contributed by atoms with Crippen LogP contribution in [0, 0.1) is 11.8 Å². The number of rotatable bonds is 3. The normalized spacial score (nSPS) is 25.0. The van der Waals surface area contributed by atoms with Crippen LogP contribution in [0.25, 0.3) is 0 Å². The van der Waals surface area contributed by atoms with Crippen LogP contribution in [-0.4, -0.2) is 24.4 Å². The standard InChI is InChI=1S/C19H20ClNO4S/c1-2-25-19(24)15-12-5-3-4-6-14(12)26-18(15)21-16(22)11-8-7-10(20)9-13(11)17(21)23/h7,11,13H,2-6,8-9H2,1H3/t11-,13-/m1/s1. The SMILES string of the molecule is CCOC(=O)c1c(N2C(=O)[C@@H]3CC=C(Cl)C[C@H]3C2=O)sc2c1CCCC2. The first-order valence-electron chi connectivity index (χ1n) is 9.07. The van der Waals surface area contributed by atoms with Gasteiger partial charge in [-0.05, 0) is 51.0 Å². The molecule has 2 atom stereocenters. The molecule has 0 bridgehead atoms. The van der Waals surface area contributed by atoms with Crippen molar-refractivity contribution in [2.24, 2.45) is 11.8 Å². The van der Waals surface area contributed by atoms with Crippen LogP contribution in [0.2, 0.25) is 0 Å².